The highest BCUT2D eigenvalue weighted by atomic mass is 35.5. The van der Waals surface area contributed by atoms with Gasteiger partial charge in [0, 0.05) is 4.88 Å². The van der Waals surface area contributed by atoms with Crippen molar-refractivity contribution in [3.05, 3.63) is 50.9 Å². The zero-order valence-electron chi connectivity index (χ0n) is 9.82. The summed E-state index contributed by atoms with van der Waals surface area (Å²) in [7, 11) is 0. The van der Waals surface area contributed by atoms with Crippen LogP contribution in [0.5, 0.6) is 5.75 Å². The van der Waals surface area contributed by atoms with Crippen molar-refractivity contribution >= 4 is 22.9 Å². The van der Waals surface area contributed by atoms with Crippen molar-refractivity contribution in [3.8, 4) is 17.6 Å². The molecule has 19 heavy (non-hydrogen) atoms. The average Bonchev–Trinajstić information content (AvgIpc) is 2.84. The van der Waals surface area contributed by atoms with Crippen molar-refractivity contribution in [1.29, 1.82) is 0 Å². The molecule has 0 saturated heterocycles. The summed E-state index contributed by atoms with van der Waals surface area (Å²) in [6.45, 7) is 0.0562. The first-order valence-electron chi connectivity index (χ1n) is 5.46. The fourth-order valence-corrected chi connectivity index (χ4v) is 2.43. The molecule has 0 unspecified atom stereocenters. The zero-order valence-corrected chi connectivity index (χ0v) is 11.4. The van der Waals surface area contributed by atoms with Crippen LogP contribution in [0.3, 0.4) is 0 Å². The normalized spacial score (nSPS) is 9.84. The molecule has 2 aromatic rings. The molecule has 0 aliphatic heterocycles. The molecule has 5 heteroatoms. The zero-order chi connectivity index (χ0) is 13.7. The molecule has 98 valence electrons. The quantitative estimate of drug-likeness (QED) is 0.879. The highest BCUT2D eigenvalue weighted by molar-refractivity contribution is 7.12. The first-order chi connectivity index (χ1) is 9.20. The maximum absolute atomic E-state index is 13.5. The lowest BCUT2D eigenvalue weighted by molar-refractivity contribution is 0.294. The number of benzene rings is 1. The van der Waals surface area contributed by atoms with E-state index in [2.05, 4.69) is 11.8 Å². The Balaban J connectivity index is 2.04. The minimum Gasteiger partial charge on any atom is -0.483 e. The van der Waals surface area contributed by atoms with Crippen molar-refractivity contribution in [2.24, 2.45) is 0 Å². The largest absolute Gasteiger partial charge is 0.483 e. The lowest BCUT2D eigenvalue weighted by atomic mass is 10.3. The van der Waals surface area contributed by atoms with Gasteiger partial charge in [-0.25, -0.2) is 4.39 Å². The van der Waals surface area contributed by atoms with Crippen LogP contribution >= 0.6 is 22.9 Å². The molecule has 0 saturated carbocycles. The van der Waals surface area contributed by atoms with Crippen molar-refractivity contribution in [2.75, 3.05) is 6.61 Å². The van der Waals surface area contributed by atoms with Gasteiger partial charge in [-0.3, -0.25) is 0 Å². The molecule has 0 aliphatic rings. The number of ether oxygens (including phenoxy) is 1. The van der Waals surface area contributed by atoms with Gasteiger partial charge in [0.25, 0.3) is 0 Å². The summed E-state index contributed by atoms with van der Waals surface area (Å²) in [5.41, 5.74) is 0. The van der Waals surface area contributed by atoms with Gasteiger partial charge in [-0.2, -0.15) is 0 Å². The average molecular weight is 297 g/mol. The topological polar surface area (TPSA) is 29.5 Å². The standard InChI is InChI=1S/C14H10ClFO2S/c15-12-4-1-5-13(16)14(12)18-9-11-7-6-10(19-11)3-2-8-17/h1,4-7,17H,8-9H2. The second kappa shape index (κ2) is 6.58. The molecule has 2 nitrogen and oxygen atoms in total. The Labute approximate surface area is 119 Å². The number of hydrogen-bond acceptors (Lipinski definition) is 3. The van der Waals surface area contributed by atoms with Crippen molar-refractivity contribution in [1.82, 2.24) is 0 Å². The first kappa shape index (κ1) is 13.9. The molecule has 0 atom stereocenters. The molecule has 0 amide bonds. The van der Waals surface area contributed by atoms with E-state index in [9.17, 15) is 4.39 Å². The lowest BCUT2D eigenvalue weighted by Gasteiger charge is -2.07. The van der Waals surface area contributed by atoms with Crippen LogP contribution < -0.4 is 4.74 Å². The van der Waals surface area contributed by atoms with Crippen LogP contribution in [0, 0.1) is 17.7 Å². The van der Waals surface area contributed by atoms with Crippen molar-refractivity contribution < 1.29 is 14.2 Å². The Hall–Kier alpha value is -1.54. The Morgan fingerprint density at radius 3 is 2.89 bits per heavy atom. The molecular weight excluding hydrogens is 287 g/mol. The Kier molecular flexibility index (Phi) is 4.80. The fraction of sp³-hybridized carbons (Fsp3) is 0.143. The van der Waals surface area contributed by atoms with Crippen LogP contribution in [-0.2, 0) is 6.61 Å². The van der Waals surface area contributed by atoms with Crippen LogP contribution in [0.15, 0.2) is 30.3 Å². The summed E-state index contributed by atoms with van der Waals surface area (Å²) in [6.07, 6.45) is 0. The maximum atomic E-state index is 13.5. The predicted octanol–water partition coefficient (Wildman–Crippen LogP) is 3.46. The van der Waals surface area contributed by atoms with E-state index in [1.165, 1.54) is 23.5 Å². The summed E-state index contributed by atoms with van der Waals surface area (Å²) in [5.74, 6) is 4.94. The molecule has 1 heterocycles. The number of aliphatic hydroxyl groups excluding tert-OH is 1. The number of rotatable bonds is 3. The van der Waals surface area contributed by atoms with Crippen LogP contribution in [0.25, 0.3) is 0 Å². The summed E-state index contributed by atoms with van der Waals surface area (Å²) < 4.78 is 18.8. The molecule has 1 aromatic heterocycles. The third-order valence-corrected chi connectivity index (χ3v) is 3.50. The predicted molar refractivity (Wildman–Crippen MR) is 74.0 cm³/mol. The first-order valence-corrected chi connectivity index (χ1v) is 6.65. The van der Waals surface area contributed by atoms with Gasteiger partial charge in [0.2, 0.25) is 0 Å². The molecule has 0 aliphatic carbocycles. The minimum absolute atomic E-state index is 0.0561. The van der Waals surface area contributed by atoms with Gasteiger partial charge < -0.3 is 9.84 Å². The van der Waals surface area contributed by atoms with E-state index in [0.29, 0.717) is 0 Å². The number of para-hydroxylation sites is 1. The second-order valence-electron chi connectivity index (χ2n) is 3.57. The Morgan fingerprint density at radius 1 is 1.32 bits per heavy atom. The van der Waals surface area contributed by atoms with Gasteiger partial charge in [0.05, 0.1) is 9.90 Å². The van der Waals surface area contributed by atoms with Crippen LogP contribution in [0.1, 0.15) is 9.75 Å². The second-order valence-corrected chi connectivity index (χ2v) is 5.14. The van der Waals surface area contributed by atoms with E-state index >= 15 is 0 Å². The van der Waals surface area contributed by atoms with E-state index < -0.39 is 5.82 Å². The third kappa shape index (κ3) is 3.71. The number of halogens is 2. The fourth-order valence-electron chi connectivity index (χ4n) is 1.41. The summed E-state index contributed by atoms with van der Waals surface area (Å²) in [6, 6.07) is 8.08. The third-order valence-electron chi connectivity index (χ3n) is 2.23. The molecular formula is C14H10ClFO2S. The van der Waals surface area contributed by atoms with E-state index in [1.807, 2.05) is 12.1 Å². The highest BCUT2D eigenvalue weighted by Gasteiger charge is 2.08. The summed E-state index contributed by atoms with van der Waals surface area (Å²) >= 11 is 7.29. The minimum atomic E-state index is -0.482. The summed E-state index contributed by atoms with van der Waals surface area (Å²) in [5, 5.41) is 8.84. The SMILES string of the molecule is OCC#Cc1ccc(COc2c(F)cccc2Cl)s1. The highest BCUT2D eigenvalue weighted by Crippen LogP contribution is 2.28. The molecule has 0 spiro atoms. The van der Waals surface area contributed by atoms with Gasteiger partial charge in [0.15, 0.2) is 11.6 Å². The molecule has 0 fully saturated rings. The smallest absolute Gasteiger partial charge is 0.174 e. The molecule has 2 rings (SSSR count). The van der Waals surface area contributed by atoms with Crippen molar-refractivity contribution in [3.63, 3.8) is 0 Å². The Morgan fingerprint density at radius 2 is 2.16 bits per heavy atom. The van der Waals surface area contributed by atoms with E-state index in [1.54, 1.807) is 6.07 Å². The molecule has 1 N–H and O–H groups in total. The van der Waals surface area contributed by atoms with Crippen LogP contribution in [0.2, 0.25) is 5.02 Å². The maximum Gasteiger partial charge on any atom is 0.174 e. The molecule has 0 radical (unpaired) electrons. The van der Waals surface area contributed by atoms with Gasteiger partial charge in [-0.05, 0) is 24.3 Å². The lowest BCUT2D eigenvalue weighted by Crippen LogP contribution is -1.96. The molecule has 0 bridgehead atoms. The van der Waals surface area contributed by atoms with Gasteiger partial charge in [0.1, 0.15) is 13.2 Å². The van der Waals surface area contributed by atoms with E-state index in [-0.39, 0.29) is 24.0 Å². The van der Waals surface area contributed by atoms with Gasteiger partial charge in [-0.1, -0.05) is 29.5 Å². The number of aliphatic hydroxyl groups is 1. The van der Waals surface area contributed by atoms with Crippen molar-refractivity contribution in [2.45, 2.75) is 6.61 Å². The monoisotopic (exact) mass is 296 g/mol. The van der Waals surface area contributed by atoms with Gasteiger partial charge in [-0.15, -0.1) is 11.3 Å². The number of thiophene rings is 1. The van der Waals surface area contributed by atoms with Crippen LogP contribution in [0.4, 0.5) is 4.39 Å². The summed E-state index contributed by atoms with van der Waals surface area (Å²) in [4.78, 5) is 1.73. The van der Waals surface area contributed by atoms with E-state index in [4.69, 9.17) is 21.4 Å². The van der Waals surface area contributed by atoms with E-state index in [0.717, 1.165) is 9.75 Å². The molecule has 1 aromatic carbocycles. The number of hydrogen-bond donors (Lipinski definition) is 1. The van der Waals surface area contributed by atoms with Gasteiger partial charge >= 0.3 is 0 Å². The Bertz CT molecular complexity index is 608. The van der Waals surface area contributed by atoms with Crippen LogP contribution in [-0.4, -0.2) is 11.7 Å².